The summed E-state index contributed by atoms with van der Waals surface area (Å²) in [5.74, 6) is 1.21. The number of esters is 2. The zero-order valence-corrected chi connectivity index (χ0v) is 32.1. The van der Waals surface area contributed by atoms with E-state index in [1.54, 1.807) is 0 Å². The van der Waals surface area contributed by atoms with E-state index in [-0.39, 0.29) is 23.8 Å². The minimum atomic E-state index is -0.0609. The average Bonchev–Trinajstić information content (AvgIpc) is 3.62. The van der Waals surface area contributed by atoms with Gasteiger partial charge in [0.05, 0.1) is 13.2 Å². The van der Waals surface area contributed by atoms with Gasteiger partial charge in [0, 0.05) is 12.8 Å². The van der Waals surface area contributed by atoms with Crippen LogP contribution in [0.3, 0.4) is 0 Å². The van der Waals surface area contributed by atoms with Gasteiger partial charge in [-0.2, -0.15) is 0 Å². The second-order valence-corrected chi connectivity index (χ2v) is 15.1. The van der Waals surface area contributed by atoms with Crippen LogP contribution in [0.15, 0.2) is 29.3 Å². The smallest absolute Gasteiger partial charge is 0.305 e. The van der Waals surface area contributed by atoms with Crippen LogP contribution in [0.2, 0.25) is 0 Å². The average molecular weight is 682 g/mol. The van der Waals surface area contributed by atoms with E-state index in [0.29, 0.717) is 26.1 Å². The van der Waals surface area contributed by atoms with E-state index >= 15 is 0 Å². The van der Waals surface area contributed by atoms with Gasteiger partial charge in [0.15, 0.2) is 0 Å². The minimum absolute atomic E-state index is 0.0609. The number of likely N-dealkylation sites (tertiary alicyclic amines) is 1. The fourth-order valence-corrected chi connectivity index (χ4v) is 7.89. The molecule has 0 aliphatic carbocycles. The highest BCUT2D eigenvalue weighted by Gasteiger charge is 2.24. The number of hydrogen-bond donors (Lipinski definition) is 0. The Labute approximate surface area is 302 Å². The van der Waals surface area contributed by atoms with Crippen molar-refractivity contribution < 1.29 is 19.1 Å². The van der Waals surface area contributed by atoms with Gasteiger partial charge in [-0.15, -0.1) is 0 Å². The van der Waals surface area contributed by atoms with E-state index in [9.17, 15) is 9.59 Å². The maximum Gasteiger partial charge on any atom is 0.305 e. The highest BCUT2D eigenvalue weighted by Crippen LogP contribution is 2.33. The van der Waals surface area contributed by atoms with E-state index in [1.807, 2.05) is 0 Å². The molecule has 2 heterocycles. The number of ether oxygens (including phenoxy) is 2. The van der Waals surface area contributed by atoms with Gasteiger partial charge in [-0.25, -0.2) is 0 Å². The van der Waals surface area contributed by atoms with E-state index < -0.39 is 0 Å². The first kappa shape index (κ1) is 43.1. The zero-order valence-electron chi connectivity index (χ0n) is 32.1. The van der Waals surface area contributed by atoms with E-state index in [0.717, 1.165) is 70.1 Å². The molecule has 0 aromatic carbocycles. The van der Waals surface area contributed by atoms with E-state index in [1.165, 1.54) is 122 Å². The molecule has 0 bridgehead atoms. The maximum atomic E-state index is 12.7. The third kappa shape index (κ3) is 21.7. The number of unbranched alkanes of at least 4 members (excludes halogenated alkanes) is 4. The van der Waals surface area contributed by atoms with Crippen molar-refractivity contribution in [3.63, 3.8) is 0 Å². The lowest BCUT2D eigenvalue weighted by Gasteiger charge is -2.26. The highest BCUT2D eigenvalue weighted by molar-refractivity contribution is 5.69. The summed E-state index contributed by atoms with van der Waals surface area (Å²) in [6.45, 7) is 12.9. The van der Waals surface area contributed by atoms with Gasteiger partial charge in [-0.3, -0.25) is 9.59 Å². The maximum absolute atomic E-state index is 12.7. The Kier molecular flexibility index (Phi) is 26.1. The van der Waals surface area contributed by atoms with Crippen molar-refractivity contribution in [3.8, 4) is 0 Å². The molecule has 2 unspecified atom stereocenters. The van der Waals surface area contributed by atoms with Crippen LogP contribution in [0.5, 0.6) is 0 Å². The summed E-state index contributed by atoms with van der Waals surface area (Å²) < 4.78 is 11.6. The lowest BCUT2D eigenvalue weighted by Crippen LogP contribution is -2.22. The monoisotopic (exact) mass is 682 g/mol. The van der Waals surface area contributed by atoms with Gasteiger partial charge < -0.3 is 14.4 Å². The van der Waals surface area contributed by atoms with Crippen molar-refractivity contribution in [3.05, 3.63) is 29.3 Å². The predicted molar refractivity (Wildman–Crippen MR) is 205 cm³/mol. The van der Waals surface area contributed by atoms with Crippen LogP contribution >= 0.6 is 0 Å². The Morgan fingerprint density at radius 2 is 1.12 bits per heavy atom. The minimum Gasteiger partial charge on any atom is -0.466 e. The molecule has 2 fully saturated rings. The SMILES string of the molecule is C=C=C=C=C1C(CCCCC)CCOC(=O)CCCCCCCC(CCN2CCCC2)CCCCCCCC(=O)OCCC1CCCCC. The van der Waals surface area contributed by atoms with Gasteiger partial charge in [0.2, 0.25) is 0 Å². The normalized spacial score (nSPS) is 24.3. The number of cyclic esters (lactones) is 2. The largest absolute Gasteiger partial charge is 0.466 e. The molecule has 280 valence electrons. The van der Waals surface area contributed by atoms with Crippen LogP contribution in [0.25, 0.3) is 0 Å². The molecule has 2 rings (SSSR count). The molecule has 0 spiro atoms. The van der Waals surface area contributed by atoms with Crippen molar-refractivity contribution in [1.29, 1.82) is 0 Å². The lowest BCUT2D eigenvalue weighted by atomic mass is 9.79. The predicted octanol–water partition coefficient (Wildman–Crippen LogP) is 11.8. The fraction of sp³-hybridized carbons (Fsp3) is 0.841. The van der Waals surface area contributed by atoms with Crippen molar-refractivity contribution in [2.45, 2.75) is 187 Å². The summed E-state index contributed by atoms with van der Waals surface area (Å²) in [4.78, 5) is 28.1. The lowest BCUT2D eigenvalue weighted by molar-refractivity contribution is -0.144. The summed E-state index contributed by atoms with van der Waals surface area (Å²) in [6, 6.07) is 0. The number of hydrogen-bond acceptors (Lipinski definition) is 5. The first-order valence-electron chi connectivity index (χ1n) is 21.0. The molecule has 2 aliphatic heterocycles. The molecule has 0 radical (unpaired) electrons. The van der Waals surface area contributed by atoms with Gasteiger partial charge in [-0.05, 0) is 113 Å². The Hall–Kier alpha value is -2.02. The van der Waals surface area contributed by atoms with E-state index in [2.05, 4.69) is 42.5 Å². The Morgan fingerprint density at radius 1 is 0.633 bits per heavy atom. The Bertz CT molecular complexity index is 929. The van der Waals surface area contributed by atoms with Gasteiger partial charge in [0.25, 0.3) is 0 Å². The molecule has 0 aromatic rings. The van der Waals surface area contributed by atoms with Crippen molar-refractivity contribution in [2.24, 2.45) is 17.8 Å². The van der Waals surface area contributed by atoms with Crippen LogP contribution < -0.4 is 0 Å². The van der Waals surface area contributed by atoms with Crippen LogP contribution in [-0.2, 0) is 19.1 Å². The molecule has 5 nitrogen and oxygen atoms in total. The molecule has 0 aromatic heterocycles. The van der Waals surface area contributed by atoms with Crippen molar-refractivity contribution in [1.82, 2.24) is 4.90 Å². The van der Waals surface area contributed by atoms with Gasteiger partial charge in [0.1, 0.15) is 0 Å². The van der Waals surface area contributed by atoms with Crippen LogP contribution in [0, 0.1) is 17.8 Å². The summed E-state index contributed by atoms with van der Waals surface area (Å²) in [6.07, 6.45) is 30.1. The number of allylic oxidation sites excluding steroid dienone is 1. The molecule has 0 amide bonds. The van der Waals surface area contributed by atoms with Crippen molar-refractivity contribution in [2.75, 3.05) is 32.8 Å². The molecule has 0 saturated carbocycles. The fourth-order valence-electron chi connectivity index (χ4n) is 7.89. The number of rotatable bonds is 11. The Balaban J connectivity index is 2.05. The first-order valence-corrected chi connectivity index (χ1v) is 21.0. The second-order valence-electron chi connectivity index (χ2n) is 15.1. The third-order valence-corrected chi connectivity index (χ3v) is 11.0. The van der Waals surface area contributed by atoms with Gasteiger partial charge >= 0.3 is 11.9 Å². The molecule has 0 N–H and O–H groups in total. The first-order chi connectivity index (χ1) is 24.1. The molecular weight excluding hydrogens is 606 g/mol. The molecular formula is C44H75NO4. The summed E-state index contributed by atoms with van der Waals surface area (Å²) in [5.41, 5.74) is 10.5. The number of carbonyl (C=O) groups excluding carboxylic acids is 2. The van der Waals surface area contributed by atoms with Crippen molar-refractivity contribution >= 4 is 11.9 Å². The summed E-state index contributed by atoms with van der Waals surface area (Å²) >= 11 is 0. The van der Waals surface area contributed by atoms with Gasteiger partial charge in [-0.1, -0.05) is 128 Å². The standard InChI is InChI=1S/C44H75NO4/c1-4-7-16-26-40-32-37-48-43(46)29-20-14-10-12-18-24-39(31-36-45-34-22-23-35-45)25-19-13-11-15-21-30-44(47)49-38-33-41(27-17-8-5-2)42(40)28-9-6-3/h39-41H,3-5,7-8,10-27,29-38H2,1-2H3. The van der Waals surface area contributed by atoms with Crippen LogP contribution in [0.4, 0.5) is 0 Å². The van der Waals surface area contributed by atoms with E-state index in [4.69, 9.17) is 9.47 Å². The molecule has 2 saturated heterocycles. The number of carbonyl (C=O) groups is 2. The third-order valence-electron chi connectivity index (χ3n) is 11.0. The Morgan fingerprint density at radius 3 is 1.61 bits per heavy atom. The quantitative estimate of drug-likeness (QED) is 0.123. The van der Waals surface area contributed by atoms with Crippen LogP contribution in [-0.4, -0.2) is 49.7 Å². The molecule has 2 atom stereocenters. The molecule has 49 heavy (non-hydrogen) atoms. The van der Waals surface area contributed by atoms with Crippen LogP contribution in [0.1, 0.15) is 187 Å². The second kappa shape index (κ2) is 29.7. The molecule has 2 aliphatic rings. The summed E-state index contributed by atoms with van der Waals surface area (Å²) in [7, 11) is 0. The topological polar surface area (TPSA) is 55.8 Å². The highest BCUT2D eigenvalue weighted by atomic mass is 16.5. The zero-order chi connectivity index (χ0) is 35.2. The molecule has 5 heteroatoms. The number of nitrogens with zero attached hydrogens (tertiary/aromatic N) is 1. The summed E-state index contributed by atoms with van der Waals surface area (Å²) in [5, 5.41) is 0.